The van der Waals surface area contributed by atoms with Gasteiger partial charge in [0.05, 0.1) is 13.2 Å². The molecule has 0 bridgehead atoms. The SMILES string of the molecule is CN(CC(=O)NCc1ccccc1Cl)C(C)(C)CO. The third-order valence-corrected chi connectivity index (χ3v) is 3.60. The Labute approximate surface area is 119 Å². The van der Waals surface area contributed by atoms with Crippen molar-refractivity contribution < 1.29 is 9.90 Å². The van der Waals surface area contributed by atoms with Gasteiger partial charge in [0.1, 0.15) is 0 Å². The first kappa shape index (κ1) is 16.0. The van der Waals surface area contributed by atoms with E-state index < -0.39 is 5.54 Å². The summed E-state index contributed by atoms with van der Waals surface area (Å²) in [6, 6.07) is 7.41. The summed E-state index contributed by atoms with van der Waals surface area (Å²) in [5, 5.41) is 12.7. The van der Waals surface area contributed by atoms with Gasteiger partial charge in [-0.15, -0.1) is 0 Å². The molecule has 5 heteroatoms. The zero-order valence-electron chi connectivity index (χ0n) is 11.6. The van der Waals surface area contributed by atoms with Gasteiger partial charge in [0.25, 0.3) is 0 Å². The summed E-state index contributed by atoms with van der Waals surface area (Å²) >= 11 is 6.01. The fourth-order valence-corrected chi connectivity index (χ4v) is 1.64. The molecule has 0 heterocycles. The summed E-state index contributed by atoms with van der Waals surface area (Å²) in [6.07, 6.45) is 0. The van der Waals surface area contributed by atoms with E-state index in [1.807, 2.05) is 44.0 Å². The predicted molar refractivity (Wildman–Crippen MR) is 77.1 cm³/mol. The van der Waals surface area contributed by atoms with E-state index in [9.17, 15) is 9.90 Å². The van der Waals surface area contributed by atoms with Gasteiger partial charge < -0.3 is 10.4 Å². The summed E-state index contributed by atoms with van der Waals surface area (Å²) in [5.41, 5.74) is 0.475. The number of carbonyl (C=O) groups is 1. The molecule has 1 aromatic carbocycles. The highest BCUT2D eigenvalue weighted by atomic mass is 35.5. The molecule has 0 unspecified atom stereocenters. The average Bonchev–Trinajstić information content (AvgIpc) is 2.37. The molecule has 1 aromatic rings. The predicted octanol–water partition coefficient (Wildman–Crippen LogP) is 1.66. The normalized spacial score (nSPS) is 11.7. The molecule has 0 aliphatic carbocycles. The van der Waals surface area contributed by atoms with Crippen molar-refractivity contribution in [2.24, 2.45) is 0 Å². The second kappa shape index (κ2) is 6.89. The first-order chi connectivity index (χ1) is 8.86. The molecule has 0 saturated heterocycles. The van der Waals surface area contributed by atoms with Crippen molar-refractivity contribution in [3.63, 3.8) is 0 Å². The van der Waals surface area contributed by atoms with Crippen LogP contribution in [0.25, 0.3) is 0 Å². The van der Waals surface area contributed by atoms with Crippen molar-refractivity contribution in [2.45, 2.75) is 25.9 Å². The number of halogens is 1. The van der Waals surface area contributed by atoms with E-state index in [0.717, 1.165) is 5.56 Å². The molecule has 0 saturated carbocycles. The zero-order valence-corrected chi connectivity index (χ0v) is 12.4. The van der Waals surface area contributed by atoms with Crippen LogP contribution in [0.4, 0.5) is 0 Å². The molecule has 0 aliphatic heterocycles. The lowest BCUT2D eigenvalue weighted by Gasteiger charge is -2.33. The van der Waals surface area contributed by atoms with E-state index in [-0.39, 0.29) is 19.1 Å². The van der Waals surface area contributed by atoms with Crippen molar-refractivity contribution >= 4 is 17.5 Å². The number of nitrogens with one attached hydrogen (secondary N) is 1. The fourth-order valence-electron chi connectivity index (χ4n) is 1.44. The molecule has 0 radical (unpaired) electrons. The Balaban J connectivity index is 2.47. The van der Waals surface area contributed by atoms with Gasteiger partial charge in [-0.1, -0.05) is 29.8 Å². The standard InChI is InChI=1S/C14H21ClN2O2/c1-14(2,10-18)17(3)9-13(19)16-8-11-6-4-5-7-12(11)15/h4-7,18H,8-10H2,1-3H3,(H,16,19). The molecule has 1 rings (SSSR count). The Bertz CT molecular complexity index is 435. The van der Waals surface area contributed by atoms with Crippen molar-refractivity contribution in [3.8, 4) is 0 Å². The third kappa shape index (κ3) is 4.82. The number of likely N-dealkylation sites (N-methyl/N-ethyl adjacent to an activating group) is 1. The van der Waals surface area contributed by atoms with Gasteiger partial charge in [0.15, 0.2) is 0 Å². The molecule has 106 valence electrons. The number of aliphatic hydroxyl groups is 1. The van der Waals surface area contributed by atoms with Gasteiger partial charge in [-0.3, -0.25) is 9.69 Å². The minimum absolute atomic E-state index is 0.00128. The van der Waals surface area contributed by atoms with Crippen molar-refractivity contribution in [2.75, 3.05) is 20.2 Å². The lowest BCUT2D eigenvalue weighted by molar-refractivity contribution is -0.123. The zero-order chi connectivity index (χ0) is 14.5. The van der Waals surface area contributed by atoms with Crippen molar-refractivity contribution in [1.82, 2.24) is 10.2 Å². The van der Waals surface area contributed by atoms with Crippen molar-refractivity contribution in [3.05, 3.63) is 34.9 Å². The van der Waals surface area contributed by atoms with Crippen LogP contribution in [-0.2, 0) is 11.3 Å². The Hall–Kier alpha value is -1.10. The van der Waals surface area contributed by atoms with Crippen LogP contribution in [0, 0.1) is 0 Å². The second-order valence-corrected chi connectivity index (χ2v) is 5.60. The highest BCUT2D eigenvalue weighted by Gasteiger charge is 2.23. The largest absolute Gasteiger partial charge is 0.394 e. The minimum Gasteiger partial charge on any atom is -0.394 e. The van der Waals surface area contributed by atoms with Gasteiger partial charge in [-0.2, -0.15) is 0 Å². The maximum atomic E-state index is 11.8. The summed E-state index contributed by atoms with van der Waals surface area (Å²) in [6.45, 7) is 4.41. The molecular formula is C14H21ClN2O2. The molecule has 0 fully saturated rings. The molecule has 1 amide bonds. The smallest absolute Gasteiger partial charge is 0.234 e. The Morgan fingerprint density at radius 3 is 2.63 bits per heavy atom. The highest BCUT2D eigenvalue weighted by Crippen LogP contribution is 2.14. The van der Waals surface area contributed by atoms with Crippen LogP contribution in [0.5, 0.6) is 0 Å². The number of benzene rings is 1. The fraction of sp³-hybridized carbons (Fsp3) is 0.500. The number of carbonyl (C=O) groups excluding carboxylic acids is 1. The Morgan fingerprint density at radius 2 is 2.05 bits per heavy atom. The van der Waals surface area contributed by atoms with E-state index in [1.54, 1.807) is 6.07 Å². The maximum Gasteiger partial charge on any atom is 0.234 e. The van der Waals surface area contributed by atoms with Crippen LogP contribution >= 0.6 is 11.6 Å². The van der Waals surface area contributed by atoms with Crippen LogP contribution in [0.2, 0.25) is 5.02 Å². The summed E-state index contributed by atoms with van der Waals surface area (Å²) < 4.78 is 0. The first-order valence-corrected chi connectivity index (χ1v) is 6.57. The summed E-state index contributed by atoms with van der Waals surface area (Å²) in [4.78, 5) is 13.6. The van der Waals surface area contributed by atoms with Crippen LogP contribution < -0.4 is 5.32 Å². The quantitative estimate of drug-likeness (QED) is 0.835. The average molecular weight is 285 g/mol. The number of hydrogen-bond acceptors (Lipinski definition) is 3. The van der Waals surface area contributed by atoms with E-state index in [4.69, 9.17) is 11.6 Å². The number of rotatable bonds is 6. The highest BCUT2D eigenvalue weighted by molar-refractivity contribution is 6.31. The van der Waals surface area contributed by atoms with Crippen LogP contribution in [0.15, 0.2) is 24.3 Å². The minimum atomic E-state index is -0.415. The van der Waals surface area contributed by atoms with Crippen LogP contribution in [0.3, 0.4) is 0 Å². The van der Waals surface area contributed by atoms with E-state index in [0.29, 0.717) is 11.6 Å². The molecular weight excluding hydrogens is 264 g/mol. The van der Waals surface area contributed by atoms with Gasteiger partial charge in [0, 0.05) is 17.1 Å². The molecule has 0 aromatic heterocycles. The van der Waals surface area contributed by atoms with E-state index in [1.165, 1.54) is 0 Å². The van der Waals surface area contributed by atoms with Crippen LogP contribution in [-0.4, -0.2) is 41.7 Å². The van der Waals surface area contributed by atoms with E-state index >= 15 is 0 Å². The molecule has 2 N–H and O–H groups in total. The topological polar surface area (TPSA) is 52.6 Å². The molecule has 0 aliphatic rings. The second-order valence-electron chi connectivity index (χ2n) is 5.19. The molecule has 0 spiro atoms. The van der Waals surface area contributed by atoms with Gasteiger partial charge in [-0.05, 0) is 32.5 Å². The number of hydrogen-bond donors (Lipinski definition) is 2. The van der Waals surface area contributed by atoms with Crippen molar-refractivity contribution in [1.29, 1.82) is 0 Å². The molecule has 0 atom stereocenters. The maximum absolute atomic E-state index is 11.8. The van der Waals surface area contributed by atoms with Gasteiger partial charge >= 0.3 is 0 Å². The number of amides is 1. The Kier molecular flexibility index (Phi) is 5.79. The van der Waals surface area contributed by atoms with Gasteiger partial charge in [-0.25, -0.2) is 0 Å². The molecule has 19 heavy (non-hydrogen) atoms. The van der Waals surface area contributed by atoms with Gasteiger partial charge in [0.2, 0.25) is 5.91 Å². The first-order valence-electron chi connectivity index (χ1n) is 6.19. The third-order valence-electron chi connectivity index (χ3n) is 3.23. The monoisotopic (exact) mass is 284 g/mol. The van der Waals surface area contributed by atoms with E-state index in [2.05, 4.69) is 5.32 Å². The number of nitrogens with zero attached hydrogens (tertiary/aromatic N) is 1. The summed E-state index contributed by atoms with van der Waals surface area (Å²) in [5.74, 6) is -0.0936. The Morgan fingerprint density at radius 1 is 1.42 bits per heavy atom. The lowest BCUT2D eigenvalue weighted by atomic mass is 10.1. The number of aliphatic hydroxyl groups excluding tert-OH is 1. The molecule has 4 nitrogen and oxygen atoms in total. The van der Waals surface area contributed by atoms with Crippen LogP contribution in [0.1, 0.15) is 19.4 Å². The lowest BCUT2D eigenvalue weighted by Crippen LogP contribution is -2.48. The summed E-state index contributed by atoms with van der Waals surface area (Å²) in [7, 11) is 1.81.